The molecule has 0 bridgehead atoms. The molecule has 1 saturated carbocycles. The molecule has 0 spiro atoms. The summed E-state index contributed by atoms with van der Waals surface area (Å²) >= 11 is 0. The van der Waals surface area contributed by atoms with Crippen molar-refractivity contribution in [1.29, 1.82) is 0 Å². The van der Waals surface area contributed by atoms with Crippen molar-refractivity contribution in [1.82, 2.24) is 20.9 Å². The molecule has 3 saturated heterocycles. The highest BCUT2D eigenvalue weighted by Crippen LogP contribution is 2.33. The molecule has 8 nitrogen and oxygen atoms in total. The van der Waals surface area contributed by atoms with E-state index >= 15 is 0 Å². The quantitative estimate of drug-likeness (QED) is 0.583. The molecule has 3 heterocycles. The SMILES string of the molecule is CC1NC(C)C(S(=O)(=O)C2CCC(CNC(=O)C3CCC4NCCN4C3)CC2)O1. The largest absolute Gasteiger partial charge is 0.356 e. The third kappa shape index (κ3) is 4.63. The summed E-state index contributed by atoms with van der Waals surface area (Å²) < 4.78 is 31.6. The average molecular weight is 429 g/mol. The number of nitrogens with one attached hydrogen (secondary N) is 3. The zero-order valence-electron chi connectivity index (χ0n) is 17.6. The monoisotopic (exact) mass is 428 g/mol. The maximum atomic E-state index is 13.0. The van der Waals surface area contributed by atoms with Crippen molar-refractivity contribution in [3.63, 3.8) is 0 Å². The van der Waals surface area contributed by atoms with Crippen molar-refractivity contribution in [2.45, 2.75) is 81.5 Å². The molecule has 1 aliphatic carbocycles. The summed E-state index contributed by atoms with van der Waals surface area (Å²) in [5, 5.41) is 9.44. The molecule has 0 aromatic rings. The Morgan fingerprint density at radius 2 is 1.90 bits per heavy atom. The summed E-state index contributed by atoms with van der Waals surface area (Å²) in [4.78, 5) is 15.0. The molecular weight excluding hydrogens is 392 g/mol. The van der Waals surface area contributed by atoms with E-state index in [-0.39, 0.29) is 29.3 Å². The Hall–Kier alpha value is -0.740. The minimum Gasteiger partial charge on any atom is -0.356 e. The number of fused-ring (bicyclic) bond motifs is 1. The van der Waals surface area contributed by atoms with E-state index in [1.54, 1.807) is 0 Å². The molecule has 5 atom stereocenters. The van der Waals surface area contributed by atoms with Gasteiger partial charge in [0, 0.05) is 32.2 Å². The number of carbonyl (C=O) groups excluding carboxylic acids is 1. The summed E-state index contributed by atoms with van der Waals surface area (Å²) in [5.74, 6) is 0.617. The lowest BCUT2D eigenvalue weighted by molar-refractivity contribution is -0.127. The van der Waals surface area contributed by atoms with Crippen LogP contribution >= 0.6 is 0 Å². The van der Waals surface area contributed by atoms with Gasteiger partial charge in [0.1, 0.15) is 6.23 Å². The molecule has 0 radical (unpaired) electrons. The van der Waals surface area contributed by atoms with Crippen molar-refractivity contribution in [3.8, 4) is 0 Å². The van der Waals surface area contributed by atoms with E-state index in [1.807, 2.05) is 13.8 Å². The first kappa shape index (κ1) is 21.5. The van der Waals surface area contributed by atoms with Crippen LogP contribution in [0.3, 0.4) is 0 Å². The van der Waals surface area contributed by atoms with Gasteiger partial charge in [-0.2, -0.15) is 0 Å². The van der Waals surface area contributed by atoms with Crippen LogP contribution in [0.4, 0.5) is 0 Å². The molecule has 4 rings (SSSR count). The lowest BCUT2D eigenvalue weighted by Gasteiger charge is -2.34. The first-order valence-electron chi connectivity index (χ1n) is 11.2. The number of amides is 1. The van der Waals surface area contributed by atoms with Gasteiger partial charge in [-0.25, -0.2) is 8.42 Å². The number of sulfone groups is 1. The Morgan fingerprint density at radius 1 is 1.14 bits per heavy atom. The van der Waals surface area contributed by atoms with Gasteiger partial charge in [-0.15, -0.1) is 0 Å². The highest BCUT2D eigenvalue weighted by atomic mass is 32.2. The molecule has 3 N–H and O–H groups in total. The summed E-state index contributed by atoms with van der Waals surface area (Å²) in [6.45, 7) is 7.28. The zero-order chi connectivity index (χ0) is 20.6. The summed E-state index contributed by atoms with van der Waals surface area (Å²) in [5.41, 5.74) is -0.742. The molecule has 29 heavy (non-hydrogen) atoms. The van der Waals surface area contributed by atoms with Gasteiger partial charge in [0.2, 0.25) is 5.91 Å². The molecular formula is C20H36N4O4S. The van der Waals surface area contributed by atoms with Crippen LogP contribution < -0.4 is 16.0 Å². The van der Waals surface area contributed by atoms with Crippen LogP contribution in [0.1, 0.15) is 52.4 Å². The molecule has 3 aliphatic heterocycles. The number of hydrogen-bond donors (Lipinski definition) is 3. The Bertz CT molecular complexity index is 695. The fourth-order valence-corrected chi connectivity index (χ4v) is 7.80. The fraction of sp³-hybridized carbons (Fsp3) is 0.950. The third-order valence-corrected chi connectivity index (χ3v) is 9.79. The highest BCUT2D eigenvalue weighted by molar-refractivity contribution is 7.92. The van der Waals surface area contributed by atoms with Crippen molar-refractivity contribution < 1.29 is 17.9 Å². The normalized spacial score (nSPS) is 41.2. The van der Waals surface area contributed by atoms with Crippen LogP contribution in [0.5, 0.6) is 0 Å². The zero-order valence-corrected chi connectivity index (χ0v) is 18.4. The summed E-state index contributed by atoms with van der Waals surface area (Å²) in [7, 11) is -3.31. The summed E-state index contributed by atoms with van der Waals surface area (Å²) in [6, 6.07) is -0.173. The third-order valence-electron chi connectivity index (χ3n) is 7.23. The number of hydrogen-bond acceptors (Lipinski definition) is 7. The van der Waals surface area contributed by atoms with Gasteiger partial charge in [0.25, 0.3) is 0 Å². The van der Waals surface area contributed by atoms with Gasteiger partial charge in [-0.1, -0.05) is 0 Å². The highest BCUT2D eigenvalue weighted by Gasteiger charge is 2.44. The average Bonchev–Trinajstić information content (AvgIpc) is 3.31. The smallest absolute Gasteiger partial charge is 0.224 e. The Kier molecular flexibility index (Phi) is 6.51. The van der Waals surface area contributed by atoms with Crippen molar-refractivity contribution in [3.05, 3.63) is 0 Å². The number of piperidine rings is 1. The minimum atomic E-state index is -3.31. The number of nitrogens with zero attached hydrogens (tertiary/aromatic N) is 1. The van der Waals surface area contributed by atoms with E-state index in [9.17, 15) is 13.2 Å². The first-order chi connectivity index (χ1) is 13.8. The Balaban J connectivity index is 1.21. The van der Waals surface area contributed by atoms with Crippen LogP contribution in [-0.2, 0) is 19.4 Å². The second-order valence-electron chi connectivity index (χ2n) is 9.32. The lowest BCUT2D eigenvalue weighted by Crippen LogP contribution is -2.48. The summed E-state index contributed by atoms with van der Waals surface area (Å²) in [6.07, 6.45) is 5.23. The predicted molar refractivity (Wildman–Crippen MR) is 111 cm³/mol. The van der Waals surface area contributed by atoms with Gasteiger partial charge in [-0.05, 0) is 58.3 Å². The molecule has 4 fully saturated rings. The Labute approximate surface area is 174 Å². The number of ether oxygens (including phenoxy) is 1. The molecule has 5 unspecified atom stereocenters. The molecule has 4 aliphatic rings. The Morgan fingerprint density at radius 3 is 2.59 bits per heavy atom. The molecule has 166 valence electrons. The second kappa shape index (κ2) is 8.78. The number of carbonyl (C=O) groups is 1. The van der Waals surface area contributed by atoms with E-state index in [2.05, 4.69) is 20.9 Å². The van der Waals surface area contributed by atoms with E-state index in [0.717, 1.165) is 45.3 Å². The maximum Gasteiger partial charge on any atom is 0.224 e. The van der Waals surface area contributed by atoms with Gasteiger partial charge in [0.05, 0.1) is 17.3 Å². The van der Waals surface area contributed by atoms with Gasteiger partial charge in [0.15, 0.2) is 15.3 Å². The van der Waals surface area contributed by atoms with Crippen LogP contribution in [0, 0.1) is 11.8 Å². The fourth-order valence-electron chi connectivity index (χ4n) is 5.52. The van der Waals surface area contributed by atoms with Crippen LogP contribution in [0.25, 0.3) is 0 Å². The van der Waals surface area contributed by atoms with E-state index in [0.29, 0.717) is 31.5 Å². The minimum absolute atomic E-state index is 0.0818. The molecule has 0 aromatic carbocycles. The van der Waals surface area contributed by atoms with E-state index < -0.39 is 15.3 Å². The van der Waals surface area contributed by atoms with Crippen molar-refractivity contribution >= 4 is 15.7 Å². The number of rotatable bonds is 5. The standard InChI is InChI=1S/C20H36N4O4S/c1-13-20(28-14(2)23-13)29(26,27)17-6-3-15(4-7-17)11-22-19(25)16-5-8-18-21-9-10-24(18)12-16/h13-18,20-21,23H,3-12H2,1-2H3,(H,22,25). The molecule has 0 aromatic heterocycles. The van der Waals surface area contributed by atoms with Crippen LogP contribution in [0.15, 0.2) is 0 Å². The van der Waals surface area contributed by atoms with Crippen LogP contribution in [-0.4, -0.2) is 74.5 Å². The molecule has 9 heteroatoms. The van der Waals surface area contributed by atoms with Gasteiger partial charge in [-0.3, -0.25) is 15.0 Å². The van der Waals surface area contributed by atoms with Crippen molar-refractivity contribution in [2.24, 2.45) is 11.8 Å². The first-order valence-corrected chi connectivity index (χ1v) is 12.8. The van der Waals surface area contributed by atoms with Gasteiger partial charge >= 0.3 is 0 Å². The van der Waals surface area contributed by atoms with Gasteiger partial charge < -0.3 is 15.4 Å². The van der Waals surface area contributed by atoms with Crippen LogP contribution in [0.2, 0.25) is 0 Å². The van der Waals surface area contributed by atoms with E-state index in [1.165, 1.54) is 0 Å². The molecule has 1 amide bonds. The lowest BCUT2D eigenvalue weighted by atomic mass is 9.88. The van der Waals surface area contributed by atoms with Crippen molar-refractivity contribution in [2.75, 3.05) is 26.2 Å². The maximum absolute atomic E-state index is 13.0. The predicted octanol–water partition coefficient (Wildman–Crippen LogP) is 0.398. The topological polar surface area (TPSA) is 99.8 Å². The van der Waals surface area contributed by atoms with E-state index in [4.69, 9.17) is 4.74 Å². The second-order valence-corrected chi connectivity index (χ2v) is 11.6.